The third-order valence-corrected chi connectivity index (χ3v) is 7.03. The van der Waals surface area contributed by atoms with Crippen LogP contribution in [-0.2, 0) is 16.0 Å². The van der Waals surface area contributed by atoms with Gasteiger partial charge in [0.2, 0.25) is 5.91 Å². The van der Waals surface area contributed by atoms with Crippen molar-refractivity contribution in [1.82, 2.24) is 35.5 Å². The number of nitrogens with zero attached hydrogens (tertiary/aromatic N) is 5. The zero-order valence-electron chi connectivity index (χ0n) is 23.1. The van der Waals surface area contributed by atoms with Gasteiger partial charge in [-0.05, 0) is 65.2 Å². The van der Waals surface area contributed by atoms with Crippen LogP contribution in [0.15, 0.2) is 85.2 Å². The Kier molecular flexibility index (Phi) is 9.14. The van der Waals surface area contributed by atoms with Crippen molar-refractivity contribution in [1.29, 1.82) is 0 Å². The van der Waals surface area contributed by atoms with Crippen molar-refractivity contribution in [3.8, 4) is 16.9 Å². The zero-order chi connectivity index (χ0) is 30.3. The monoisotopic (exact) mass is 616 g/mol. The van der Waals surface area contributed by atoms with Crippen molar-refractivity contribution >= 4 is 46.5 Å². The van der Waals surface area contributed by atoms with E-state index in [1.54, 1.807) is 42.5 Å². The molecular weight excluding hydrogens is 591 g/mol. The van der Waals surface area contributed by atoms with E-state index in [-0.39, 0.29) is 5.91 Å². The Bertz CT molecular complexity index is 1750. The molecule has 11 nitrogen and oxygen atoms in total. The largest absolute Gasteiger partial charge is 0.453 e. The summed E-state index contributed by atoms with van der Waals surface area (Å²) in [6, 6.07) is 21.5. The first-order chi connectivity index (χ1) is 20.8. The van der Waals surface area contributed by atoms with Gasteiger partial charge in [-0.15, -0.1) is 5.10 Å². The molecule has 0 aliphatic rings. The number of allylic oxidation sites excluding steroid dienone is 1. The van der Waals surface area contributed by atoms with Crippen LogP contribution in [0.3, 0.4) is 0 Å². The molecule has 0 fully saturated rings. The molecule has 0 radical (unpaired) electrons. The number of aromatic amines is 1. The number of hydrogen-bond acceptors (Lipinski definition) is 7. The van der Waals surface area contributed by atoms with E-state index in [0.717, 1.165) is 11.1 Å². The highest BCUT2D eigenvalue weighted by molar-refractivity contribution is 6.32. The number of nitrogens with one attached hydrogen (secondary N) is 3. The van der Waals surface area contributed by atoms with Crippen LogP contribution in [-0.4, -0.2) is 49.3 Å². The average Bonchev–Trinajstić information content (AvgIpc) is 3.68. The number of benzene rings is 3. The van der Waals surface area contributed by atoms with E-state index in [9.17, 15) is 9.59 Å². The number of anilines is 1. The number of tetrazole rings is 1. The van der Waals surface area contributed by atoms with Gasteiger partial charge >= 0.3 is 6.09 Å². The number of carbonyl (C=O) groups is 2. The molecule has 5 rings (SSSR count). The van der Waals surface area contributed by atoms with Gasteiger partial charge in [-0.25, -0.2) is 9.78 Å². The van der Waals surface area contributed by atoms with E-state index in [4.69, 9.17) is 28.2 Å². The number of methoxy groups -OCH3 is 1. The molecule has 0 unspecified atom stereocenters. The summed E-state index contributed by atoms with van der Waals surface area (Å²) >= 11 is 12.9. The lowest BCUT2D eigenvalue weighted by molar-refractivity contribution is -0.117. The number of imidazole rings is 1. The first-order valence-electron chi connectivity index (χ1n) is 13.1. The number of halogens is 2. The Morgan fingerprint density at radius 2 is 1.84 bits per heavy atom. The van der Waals surface area contributed by atoms with Gasteiger partial charge in [-0.3, -0.25) is 10.1 Å². The fourth-order valence-electron chi connectivity index (χ4n) is 4.45. The summed E-state index contributed by atoms with van der Waals surface area (Å²) in [6.07, 6.45) is 2.85. The lowest BCUT2D eigenvalue weighted by atomic mass is 10.0. The molecule has 218 valence electrons. The lowest BCUT2D eigenvalue weighted by Gasteiger charge is -2.17. The standard InChI is InChI=1S/C30H26Cl2N8O3/c1-18(23-16-21(31)10-13-25(23)40-17-33-38-39-40)14-26(41)35-24(15-19-6-4-3-5-7-19)29-36-27(28(32)37-29)20-8-11-22(12-9-20)34-30(42)43-2/h3-14,16-17,24H,15H2,1-2H3,(H,34,42)(H,35,41)(H,36,37)/t24-/m0/s1. The molecule has 13 heteroatoms. The van der Waals surface area contributed by atoms with Crippen LogP contribution >= 0.6 is 23.2 Å². The Labute approximate surface area is 256 Å². The molecule has 0 saturated carbocycles. The van der Waals surface area contributed by atoms with Gasteiger partial charge in [0.25, 0.3) is 0 Å². The normalized spacial score (nSPS) is 12.0. The molecule has 2 aromatic heterocycles. The summed E-state index contributed by atoms with van der Waals surface area (Å²) in [5, 5.41) is 17.9. The summed E-state index contributed by atoms with van der Waals surface area (Å²) in [5.74, 6) is 0.144. The molecule has 5 aromatic rings. The quantitative estimate of drug-likeness (QED) is 0.171. The summed E-state index contributed by atoms with van der Waals surface area (Å²) in [7, 11) is 1.29. The van der Waals surface area contributed by atoms with Crippen LogP contribution in [0.2, 0.25) is 10.2 Å². The van der Waals surface area contributed by atoms with Crippen molar-refractivity contribution in [2.24, 2.45) is 0 Å². The maximum atomic E-state index is 13.4. The van der Waals surface area contributed by atoms with Gasteiger partial charge in [0.1, 0.15) is 23.0 Å². The molecule has 0 aliphatic heterocycles. The van der Waals surface area contributed by atoms with Crippen molar-refractivity contribution in [3.05, 3.63) is 112 Å². The number of ether oxygens (including phenoxy) is 1. The summed E-state index contributed by atoms with van der Waals surface area (Å²) in [4.78, 5) is 32.8. The van der Waals surface area contributed by atoms with Crippen molar-refractivity contribution in [3.63, 3.8) is 0 Å². The topological polar surface area (TPSA) is 140 Å². The van der Waals surface area contributed by atoms with E-state index in [1.165, 1.54) is 24.2 Å². The highest BCUT2D eigenvalue weighted by Gasteiger charge is 2.22. The van der Waals surface area contributed by atoms with Crippen LogP contribution in [0, 0.1) is 0 Å². The fraction of sp³-hybridized carbons (Fsp3) is 0.133. The minimum absolute atomic E-state index is 0.313. The molecule has 0 saturated heterocycles. The Balaban J connectivity index is 1.42. The number of aromatic nitrogens is 6. The average molecular weight is 617 g/mol. The third kappa shape index (κ3) is 7.26. The highest BCUT2D eigenvalue weighted by atomic mass is 35.5. The van der Waals surface area contributed by atoms with Crippen LogP contribution < -0.4 is 10.6 Å². The second kappa shape index (κ2) is 13.3. The van der Waals surface area contributed by atoms with E-state index in [0.29, 0.717) is 50.6 Å². The van der Waals surface area contributed by atoms with Crippen molar-refractivity contribution < 1.29 is 14.3 Å². The minimum atomic E-state index is -0.571. The van der Waals surface area contributed by atoms with Gasteiger partial charge in [0, 0.05) is 27.9 Å². The molecule has 0 bridgehead atoms. The van der Waals surface area contributed by atoms with Crippen molar-refractivity contribution in [2.45, 2.75) is 19.4 Å². The number of hydrogen-bond donors (Lipinski definition) is 3. The molecule has 0 spiro atoms. The van der Waals surface area contributed by atoms with Gasteiger partial charge in [0.15, 0.2) is 0 Å². The molecular formula is C30H26Cl2N8O3. The van der Waals surface area contributed by atoms with Gasteiger partial charge in [-0.2, -0.15) is 4.68 Å². The molecule has 2 amide bonds. The first kappa shape index (κ1) is 29.5. The first-order valence-corrected chi connectivity index (χ1v) is 13.8. The van der Waals surface area contributed by atoms with Crippen LogP contribution in [0.4, 0.5) is 10.5 Å². The lowest BCUT2D eigenvalue weighted by Crippen LogP contribution is -2.29. The summed E-state index contributed by atoms with van der Waals surface area (Å²) in [6.45, 7) is 1.81. The molecule has 0 aliphatic carbocycles. The predicted molar refractivity (Wildman–Crippen MR) is 164 cm³/mol. The molecule has 2 heterocycles. The summed E-state index contributed by atoms with van der Waals surface area (Å²) in [5.41, 5.74) is 4.81. The SMILES string of the molecule is COC(=O)Nc1ccc(-c2nc([C@H](Cc3ccccc3)NC(=O)C=C(C)c3cc(Cl)ccc3-n3cnnn3)[nH]c2Cl)cc1. The molecule has 3 N–H and O–H groups in total. The maximum absolute atomic E-state index is 13.4. The van der Waals surface area contributed by atoms with Gasteiger partial charge < -0.3 is 15.0 Å². The van der Waals surface area contributed by atoms with Gasteiger partial charge in [-0.1, -0.05) is 65.7 Å². The summed E-state index contributed by atoms with van der Waals surface area (Å²) < 4.78 is 6.14. The van der Waals surface area contributed by atoms with Gasteiger partial charge in [0.05, 0.1) is 18.8 Å². The van der Waals surface area contributed by atoms with E-state index < -0.39 is 12.1 Å². The number of carbonyl (C=O) groups excluding carboxylic acids is 2. The molecule has 3 aromatic carbocycles. The zero-order valence-corrected chi connectivity index (χ0v) is 24.6. The smallest absolute Gasteiger partial charge is 0.411 e. The maximum Gasteiger partial charge on any atom is 0.411 e. The number of amides is 2. The molecule has 43 heavy (non-hydrogen) atoms. The van der Waals surface area contributed by atoms with E-state index in [1.807, 2.05) is 37.3 Å². The van der Waals surface area contributed by atoms with E-state index >= 15 is 0 Å². The van der Waals surface area contributed by atoms with Crippen LogP contribution in [0.1, 0.15) is 29.9 Å². The number of rotatable bonds is 9. The fourth-order valence-corrected chi connectivity index (χ4v) is 4.88. The second-order valence-electron chi connectivity index (χ2n) is 9.47. The minimum Gasteiger partial charge on any atom is -0.453 e. The second-order valence-corrected chi connectivity index (χ2v) is 10.3. The Hall–Kier alpha value is -5.00. The van der Waals surface area contributed by atoms with Crippen LogP contribution in [0.5, 0.6) is 0 Å². The predicted octanol–water partition coefficient (Wildman–Crippen LogP) is 6.04. The third-order valence-electron chi connectivity index (χ3n) is 6.52. The van der Waals surface area contributed by atoms with Crippen molar-refractivity contribution in [2.75, 3.05) is 12.4 Å². The van der Waals surface area contributed by atoms with Crippen LogP contribution in [0.25, 0.3) is 22.5 Å². The Morgan fingerprint density at radius 1 is 1.07 bits per heavy atom. The Morgan fingerprint density at radius 3 is 2.53 bits per heavy atom. The molecule has 1 atom stereocenters. The van der Waals surface area contributed by atoms with E-state index in [2.05, 4.69) is 35.9 Å². The number of H-pyrrole nitrogens is 1. The highest BCUT2D eigenvalue weighted by Crippen LogP contribution is 2.30.